The molecule has 7 heteroatoms. The maximum absolute atomic E-state index is 12.1. The van der Waals surface area contributed by atoms with E-state index in [1.54, 1.807) is 23.3 Å². The lowest BCUT2D eigenvalue weighted by molar-refractivity contribution is 0.251. The van der Waals surface area contributed by atoms with Gasteiger partial charge in [-0.1, -0.05) is 6.07 Å². The van der Waals surface area contributed by atoms with Crippen LogP contribution in [0.15, 0.2) is 36.8 Å². The van der Waals surface area contributed by atoms with Crippen molar-refractivity contribution in [3.63, 3.8) is 0 Å². The van der Waals surface area contributed by atoms with E-state index in [1.807, 2.05) is 50.6 Å². The smallest absolute Gasteiger partial charge is 0.320 e. The molecule has 2 N–H and O–H groups in total. The average Bonchev–Trinajstić information content (AvgIpc) is 3.12. The van der Waals surface area contributed by atoms with E-state index in [9.17, 15) is 4.79 Å². The number of aryl methyl sites for hydroxylation is 1. The third kappa shape index (κ3) is 3.24. The molecule has 3 aromatic rings. The standard InChI is InChI=1S/C17H22N6O/c1-17(2,3)23-15(7-8-20-23)21-16(24)18-10-12-5-6-14-13(9-12)19-11-22(14)4/h5-9,11H,10H2,1-4H3,(H2,18,21,24). The molecule has 0 atom stereocenters. The van der Waals surface area contributed by atoms with Crippen LogP contribution in [0.4, 0.5) is 10.6 Å². The maximum Gasteiger partial charge on any atom is 0.320 e. The predicted molar refractivity (Wildman–Crippen MR) is 93.8 cm³/mol. The Bertz CT molecular complexity index is 871. The van der Waals surface area contributed by atoms with E-state index in [-0.39, 0.29) is 11.6 Å². The number of hydrogen-bond donors (Lipinski definition) is 2. The summed E-state index contributed by atoms with van der Waals surface area (Å²) in [5, 5.41) is 9.96. The van der Waals surface area contributed by atoms with Crippen molar-refractivity contribution in [1.29, 1.82) is 0 Å². The molecule has 2 heterocycles. The molecule has 126 valence electrons. The summed E-state index contributed by atoms with van der Waals surface area (Å²) in [6.07, 6.45) is 3.46. The zero-order valence-electron chi connectivity index (χ0n) is 14.4. The second kappa shape index (κ2) is 5.99. The number of hydrogen-bond acceptors (Lipinski definition) is 3. The number of benzene rings is 1. The molecule has 0 saturated carbocycles. The van der Waals surface area contributed by atoms with Gasteiger partial charge in [-0.05, 0) is 38.5 Å². The Labute approximate surface area is 140 Å². The monoisotopic (exact) mass is 326 g/mol. The van der Waals surface area contributed by atoms with Crippen molar-refractivity contribution in [2.45, 2.75) is 32.9 Å². The third-order valence-corrected chi connectivity index (χ3v) is 3.76. The molecule has 0 spiro atoms. The number of nitrogens with one attached hydrogen (secondary N) is 2. The molecule has 24 heavy (non-hydrogen) atoms. The maximum atomic E-state index is 12.1. The summed E-state index contributed by atoms with van der Waals surface area (Å²) in [6.45, 7) is 6.53. The minimum absolute atomic E-state index is 0.198. The Morgan fingerprint density at radius 3 is 2.79 bits per heavy atom. The summed E-state index contributed by atoms with van der Waals surface area (Å²) in [5.74, 6) is 0.667. The highest BCUT2D eigenvalue weighted by Gasteiger charge is 2.18. The van der Waals surface area contributed by atoms with Crippen molar-refractivity contribution in [3.8, 4) is 0 Å². The van der Waals surface area contributed by atoms with Crippen LogP contribution in [0, 0.1) is 0 Å². The molecule has 0 unspecified atom stereocenters. The Hall–Kier alpha value is -2.83. The first-order valence-electron chi connectivity index (χ1n) is 7.84. The zero-order chi connectivity index (χ0) is 17.3. The van der Waals surface area contributed by atoms with E-state index < -0.39 is 0 Å². The van der Waals surface area contributed by atoms with Gasteiger partial charge in [-0.3, -0.25) is 5.32 Å². The van der Waals surface area contributed by atoms with Crippen LogP contribution in [0.25, 0.3) is 11.0 Å². The van der Waals surface area contributed by atoms with Crippen LogP contribution in [0.5, 0.6) is 0 Å². The number of nitrogens with zero attached hydrogens (tertiary/aromatic N) is 4. The minimum Gasteiger partial charge on any atom is -0.334 e. The first-order valence-corrected chi connectivity index (χ1v) is 7.84. The quantitative estimate of drug-likeness (QED) is 0.777. The largest absolute Gasteiger partial charge is 0.334 e. The fourth-order valence-corrected chi connectivity index (χ4v) is 2.57. The number of amides is 2. The highest BCUT2D eigenvalue weighted by atomic mass is 16.2. The van der Waals surface area contributed by atoms with Crippen LogP contribution in [0.1, 0.15) is 26.3 Å². The van der Waals surface area contributed by atoms with Gasteiger partial charge in [-0.2, -0.15) is 5.10 Å². The van der Waals surface area contributed by atoms with Gasteiger partial charge in [0.25, 0.3) is 0 Å². The molecule has 0 fully saturated rings. The summed E-state index contributed by atoms with van der Waals surface area (Å²) in [6, 6.07) is 7.50. The lowest BCUT2D eigenvalue weighted by Crippen LogP contribution is -2.32. The molecule has 0 aliphatic rings. The van der Waals surface area contributed by atoms with E-state index >= 15 is 0 Å². The molecular weight excluding hydrogens is 304 g/mol. The van der Waals surface area contributed by atoms with Crippen molar-refractivity contribution in [3.05, 3.63) is 42.4 Å². The van der Waals surface area contributed by atoms with Gasteiger partial charge in [0.15, 0.2) is 0 Å². The summed E-state index contributed by atoms with van der Waals surface area (Å²) in [7, 11) is 1.96. The van der Waals surface area contributed by atoms with Crippen molar-refractivity contribution in [2.75, 3.05) is 5.32 Å². The van der Waals surface area contributed by atoms with Crippen molar-refractivity contribution >= 4 is 22.9 Å². The first kappa shape index (κ1) is 16.0. The number of carbonyl (C=O) groups is 1. The van der Waals surface area contributed by atoms with Gasteiger partial charge in [0.2, 0.25) is 0 Å². The van der Waals surface area contributed by atoms with Gasteiger partial charge in [0, 0.05) is 19.7 Å². The van der Waals surface area contributed by atoms with Gasteiger partial charge in [0.1, 0.15) is 5.82 Å². The van der Waals surface area contributed by atoms with Crippen LogP contribution < -0.4 is 10.6 Å². The fourth-order valence-electron chi connectivity index (χ4n) is 2.57. The van der Waals surface area contributed by atoms with E-state index in [4.69, 9.17) is 0 Å². The number of rotatable bonds is 3. The van der Waals surface area contributed by atoms with Crippen molar-refractivity contribution in [1.82, 2.24) is 24.6 Å². The lowest BCUT2D eigenvalue weighted by atomic mass is 10.1. The molecule has 2 aromatic heterocycles. The highest BCUT2D eigenvalue weighted by Crippen LogP contribution is 2.19. The van der Waals surface area contributed by atoms with Crippen LogP contribution in [0.2, 0.25) is 0 Å². The second-order valence-corrected chi connectivity index (χ2v) is 6.79. The van der Waals surface area contributed by atoms with Crippen LogP contribution in [-0.2, 0) is 19.1 Å². The number of carbonyl (C=O) groups excluding carboxylic acids is 1. The van der Waals surface area contributed by atoms with Crippen LogP contribution in [-0.4, -0.2) is 25.4 Å². The zero-order valence-corrected chi connectivity index (χ0v) is 14.4. The minimum atomic E-state index is -0.262. The molecule has 0 radical (unpaired) electrons. The normalized spacial score (nSPS) is 11.7. The third-order valence-electron chi connectivity index (χ3n) is 3.76. The molecule has 0 bridgehead atoms. The van der Waals surface area contributed by atoms with Gasteiger partial charge in [0.05, 0.1) is 29.1 Å². The first-order chi connectivity index (χ1) is 11.3. The fraction of sp³-hybridized carbons (Fsp3) is 0.353. The van der Waals surface area contributed by atoms with Gasteiger partial charge >= 0.3 is 6.03 Å². The molecule has 0 aliphatic carbocycles. The average molecular weight is 326 g/mol. The van der Waals surface area contributed by atoms with Crippen LogP contribution >= 0.6 is 0 Å². The number of fused-ring (bicyclic) bond motifs is 1. The number of anilines is 1. The summed E-state index contributed by atoms with van der Waals surface area (Å²) < 4.78 is 3.75. The summed E-state index contributed by atoms with van der Waals surface area (Å²) >= 11 is 0. The Morgan fingerprint density at radius 1 is 1.25 bits per heavy atom. The number of urea groups is 1. The topological polar surface area (TPSA) is 76.8 Å². The van der Waals surface area contributed by atoms with E-state index in [1.165, 1.54) is 0 Å². The van der Waals surface area contributed by atoms with E-state index in [0.29, 0.717) is 12.4 Å². The van der Waals surface area contributed by atoms with Crippen molar-refractivity contribution in [2.24, 2.45) is 7.05 Å². The van der Waals surface area contributed by atoms with E-state index in [2.05, 4.69) is 20.7 Å². The number of imidazole rings is 1. The van der Waals surface area contributed by atoms with Gasteiger partial charge in [-0.25, -0.2) is 14.5 Å². The Morgan fingerprint density at radius 2 is 2.04 bits per heavy atom. The second-order valence-electron chi connectivity index (χ2n) is 6.79. The molecule has 0 aliphatic heterocycles. The van der Waals surface area contributed by atoms with Crippen LogP contribution in [0.3, 0.4) is 0 Å². The summed E-state index contributed by atoms with van der Waals surface area (Å²) in [5.41, 5.74) is 2.79. The predicted octanol–water partition coefficient (Wildman–Crippen LogP) is 2.85. The Balaban J connectivity index is 1.64. The molecule has 1 aromatic carbocycles. The SMILES string of the molecule is Cn1cnc2cc(CNC(=O)Nc3ccnn3C(C)(C)C)ccc21. The molecule has 3 rings (SSSR count). The lowest BCUT2D eigenvalue weighted by Gasteiger charge is -2.22. The van der Waals surface area contributed by atoms with E-state index in [0.717, 1.165) is 16.6 Å². The number of aromatic nitrogens is 4. The molecule has 2 amide bonds. The molecule has 7 nitrogen and oxygen atoms in total. The van der Waals surface area contributed by atoms with Gasteiger partial charge in [-0.15, -0.1) is 0 Å². The molecule has 0 saturated heterocycles. The highest BCUT2D eigenvalue weighted by molar-refractivity contribution is 5.88. The summed E-state index contributed by atoms with van der Waals surface area (Å²) in [4.78, 5) is 16.5. The van der Waals surface area contributed by atoms with Gasteiger partial charge < -0.3 is 9.88 Å². The Kier molecular flexibility index (Phi) is 4.01. The van der Waals surface area contributed by atoms with Crippen molar-refractivity contribution < 1.29 is 4.79 Å². The molecular formula is C17H22N6O.